The molecule has 1 fully saturated rings. The average molecular weight is 254 g/mol. The average Bonchev–Trinajstić information content (AvgIpc) is 2.83. The Balaban J connectivity index is 1.76. The first-order chi connectivity index (χ1) is 8.21. The van der Waals surface area contributed by atoms with Crippen LogP contribution in [0.25, 0.3) is 0 Å². The van der Waals surface area contributed by atoms with Gasteiger partial charge in [0.25, 0.3) is 0 Å². The van der Waals surface area contributed by atoms with Crippen LogP contribution in [-0.4, -0.2) is 31.2 Å². The van der Waals surface area contributed by atoms with Gasteiger partial charge in [0.15, 0.2) is 0 Å². The van der Waals surface area contributed by atoms with E-state index < -0.39 is 5.54 Å². The largest absolute Gasteiger partial charge is 0.381 e. The molecule has 1 aliphatic rings. The zero-order chi connectivity index (χ0) is 12.1. The molecular formula is C12H18N2O2S. The van der Waals surface area contributed by atoms with Gasteiger partial charge in [0.2, 0.25) is 5.91 Å². The fourth-order valence-corrected chi connectivity index (χ4v) is 2.60. The lowest BCUT2D eigenvalue weighted by Gasteiger charge is -2.31. The van der Waals surface area contributed by atoms with Crippen LogP contribution in [0.4, 0.5) is 0 Å². The predicted octanol–water partition coefficient (Wildman–Crippen LogP) is 0.915. The van der Waals surface area contributed by atoms with Gasteiger partial charge in [-0.3, -0.25) is 4.79 Å². The van der Waals surface area contributed by atoms with Crippen molar-refractivity contribution in [1.29, 1.82) is 0 Å². The molecule has 17 heavy (non-hydrogen) atoms. The Kier molecular flexibility index (Phi) is 4.15. The molecule has 94 valence electrons. The lowest BCUT2D eigenvalue weighted by molar-refractivity contribution is -0.129. The van der Waals surface area contributed by atoms with E-state index >= 15 is 0 Å². The molecular weight excluding hydrogens is 236 g/mol. The molecule has 5 heteroatoms. The van der Waals surface area contributed by atoms with E-state index in [-0.39, 0.29) is 5.91 Å². The van der Waals surface area contributed by atoms with Crippen molar-refractivity contribution in [2.75, 3.05) is 19.8 Å². The van der Waals surface area contributed by atoms with Gasteiger partial charge in [-0.1, -0.05) is 6.07 Å². The summed E-state index contributed by atoms with van der Waals surface area (Å²) in [4.78, 5) is 13.2. The summed E-state index contributed by atoms with van der Waals surface area (Å²) in [6.07, 6.45) is 2.09. The van der Waals surface area contributed by atoms with E-state index in [9.17, 15) is 4.79 Å². The van der Waals surface area contributed by atoms with E-state index in [4.69, 9.17) is 10.5 Å². The topological polar surface area (TPSA) is 64.4 Å². The minimum absolute atomic E-state index is 0.0441. The first kappa shape index (κ1) is 12.5. The van der Waals surface area contributed by atoms with Crippen molar-refractivity contribution in [2.45, 2.75) is 24.8 Å². The Labute approximate surface area is 105 Å². The lowest BCUT2D eigenvalue weighted by atomic mass is 9.90. The molecule has 4 nitrogen and oxygen atoms in total. The predicted molar refractivity (Wildman–Crippen MR) is 68.0 cm³/mol. The second-order valence-electron chi connectivity index (χ2n) is 4.35. The van der Waals surface area contributed by atoms with Gasteiger partial charge in [-0.15, -0.1) is 11.3 Å². The highest BCUT2D eigenvalue weighted by atomic mass is 32.1. The summed E-state index contributed by atoms with van der Waals surface area (Å²) in [5.41, 5.74) is 5.34. The zero-order valence-electron chi connectivity index (χ0n) is 9.78. The van der Waals surface area contributed by atoms with Crippen molar-refractivity contribution in [3.05, 3.63) is 22.4 Å². The maximum absolute atomic E-state index is 12.0. The van der Waals surface area contributed by atoms with Crippen LogP contribution in [0.1, 0.15) is 17.7 Å². The number of nitrogens with two attached hydrogens (primary N) is 1. The number of hydrogen-bond acceptors (Lipinski definition) is 4. The van der Waals surface area contributed by atoms with Crippen LogP contribution < -0.4 is 11.1 Å². The van der Waals surface area contributed by atoms with Crippen molar-refractivity contribution in [3.8, 4) is 0 Å². The molecule has 0 aliphatic carbocycles. The van der Waals surface area contributed by atoms with Gasteiger partial charge in [-0.25, -0.2) is 0 Å². The minimum atomic E-state index is -0.728. The van der Waals surface area contributed by atoms with Gasteiger partial charge in [0.1, 0.15) is 0 Å². The van der Waals surface area contributed by atoms with Crippen LogP contribution in [0.5, 0.6) is 0 Å². The summed E-state index contributed by atoms with van der Waals surface area (Å²) in [5.74, 6) is -0.0441. The summed E-state index contributed by atoms with van der Waals surface area (Å²) in [7, 11) is 0. The molecule has 2 heterocycles. The minimum Gasteiger partial charge on any atom is -0.381 e. The SMILES string of the molecule is NC1(C(=O)NCCc2cccs2)CCOCC1. The van der Waals surface area contributed by atoms with Crippen LogP contribution >= 0.6 is 11.3 Å². The maximum Gasteiger partial charge on any atom is 0.240 e. The van der Waals surface area contributed by atoms with E-state index in [1.807, 2.05) is 11.4 Å². The van der Waals surface area contributed by atoms with Crippen LogP contribution in [0.2, 0.25) is 0 Å². The molecule has 1 saturated heterocycles. The quantitative estimate of drug-likeness (QED) is 0.839. The summed E-state index contributed by atoms with van der Waals surface area (Å²) in [6, 6.07) is 4.09. The first-order valence-corrected chi connectivity index (χ1v) is 6.76. The van der Waals surface area contributed by atoms with Crippen molar-refractivity contribution < 1.29 is 9.53 Å². The van der Waals surface area contributed by atoms with E-state index in [0.717, 1.165) is 6.42 Å². The third-order valence-corrected chi connectivity index (χ3v) is 4.01. The van der Waals surface area contributed by atoms with Gasteiger partial charge in [-0.05, 0) is 30.7 Å². The number of thiophene rings is 1. The number of ether oxygens (including phenoxy) is 1. The van der Waals surface area contributed by atoms with E-state index in [1.54, 1.807) is 11.3 Å². The fraction of sp³-hybridized carbons (Fsp3) is 0.583. The Morgan fingerprint density at radius 2 is 2.29 bits per heavy atom. The monoisotopic (exact) mass is 254 g/mol. The molecule has 0 spiro atoms. The number of carbonyl (C=O) groups is 1. The molecule has 0 radical (unpaired) electrons. The van der Waals surface area contributed by atoms with Gasteiger partial charge >= 0.3 is 0 Å². The smallest absolute Gasteiger partial charge is 0.240 e. The maximum atomic E-state index is 12.0. The molecule has 1 aromatic rings. The van der Waals surface area contributed by atoms with Gasteiger partial charge in [0.05, 0.1) is 5.54 Å². The molecule has 1 amide bonds. The van der Waals surface area contributed by atoms with Crippen LogP contribution in [0.15, 0.2) is 17.5 Å². The number of carbonyl (C=O) groups excluding carboxylic acids is 1. The molecule has 0 saturated carbocycles. The summed E-state index contributed by atoms with van der Waals surface area (Å²) >= 11 is 1.71. The highest BCUT2D eigenvalue weighted by molar-refractivity contribution is 7.09. The molecule has 0 bridgehead atoms. The normalized spacial score (nSPS) is 18.9. The van der Waals surface area contributed by atoms with Gasteiger partial charge < -0.3 is 15.8 Å². The highest BCUT2D eigenvalue weighted by Gasteiger charge is 2.35. The molecule has 1 aromatic heterocycles. The van der Waals surface area contributed by atoms with Gasteiger partial charge in [0, 0.05) is 24.6 Å². The highest BCUT2D eigenvalue weighted by Crippen LogP contribution is 2.17. The molecule has 2 rings (SSSR count). The van der Waals surface area contributed by atoms with Crippen molar-refractivity contribution in [3.63, 3.8) is 0 Å². The number of amides is 1. The fourth-order valence-electron chi connectivity index (χ4n) is 1.89. The van der Waals surface area contributed by atoms with E-state index in [2.05, 4.69) is 11.4 Å². The van der Waals surface area contributed by atoms with Crippen molar-refractivity contribution in [2.24, 2.45) is 5.73 Å². The van der Waals surface area contributed by atoms with Gasteiger partial charge in [-0.2, -0.15) is 0 Å². The van der Waals surface area contributed by atoms with Crippen LogP contribution in [-0.2, 0) is 16.0 Å². The zero-order valence-corrected chi connectivity index (χ0v) is 10.6. The second kappa shape index (κ2) is 5.62. The van der Waals surface area contributed by atoms with Crippen molar-refractivity contribution in [1.82, 2.24) is 5.32 Å². The summed E-state index contributed by atoms with van der Waals surface area (Å²) in [5, 5.41) is 4.96. The summed E-state index contributed by atoms with van der Waals surface area (Å²) < 4.78 is 5.22. The summed E-state index contributed by atoms with van der Waals surface area (Å²) in [6.45, 7) is 1.81. The molecule has 0 aromatic carbocycles. The third-order valence-electron chi connectivity index (χ3n) is 3.07. The second-order valence-corrected chi connectivity index (χ2v) is 5.39. The standard InChI is InChI=1S/C12H18N2O2S/c13-12(4-7-16-8-5-12)11(15)14-6-3-10-2-1-9-17-10/h1-2,9H,3-8,13H2,(H,14,15). The Morgan fingerprint density at radius 3 is 2.94 bits per heavy atom. The van der Waals surface area contributed by atoms with Crippen LogP contribution in [0.3, 0.4) is 0 Å². The Hall–Kier alpha value is -0.910. The molecule has 0 atom stereocenters. The number of nitrogens with one attached hydrogen (secondary N) is 1. The van der Waals surface area contributed by atoms with E-state index in [0.29, 0.717) is 32.6 Å². The number of hydrogen-bond donors (Lipinski definition) is 2. The number of rotatable bonds is 4. The first-order valence-electron chi connectivity index (χ1n) is 5.88. The van der Waals surface area contributed by atoms with Crippen LogP contribution in [0, 0.1) is 0 Å². The lowest BCUT2D eigenvalue weighted by Crippen LogP contribution is -2.57. The third kappa shape index (κ3) is 3.28. The molecule has 0 unspecified atom stereocenters. The van der Waals surface area contributed by atoms with E-state index in [1.165, 1.54) is 4.88 Å². The Morgan fingerprint density at radius 1 is 1.53 bits per heavy atom. The molecule has 1 aliphatic heterocycles. The van der Waals surface area contributed by atoms with Crippen molar-refractivity contribution >= 4 is 17.2 Å². The molecule has 3 N–H and O–H groups in total. The Bertz CT molecular complexity index is 359.